The summed E-state index contributed by atoms with van der Waals surface area (Å²) in [6.45, 7) is 3.34. The molecule has 1 amide bonds. The number of rotatable bonds is 5. The van der Waals surface area contributed by atoms with Gasteiger partial charge >= 0.3 is 0 Å². The predicted molar refractivity (Wildman–Crippen MR) is 72.0 cm³/mol. The molecule has 0 bridgehead atoms. The molecule has 1 aliphatic rings. The molecule has 0 spiro atoms. The molecule has 1 aliphatic heterocycles. The fourth-order valence-corrected chi connectivity index (χ4v) is 3.45. The first-order valence-corrected chi connectivity index (χ1v) is 8.38. The van der Waals surface area contributed by atoms with Crippen LogP contribution >= 0.6 is 0 Å². The molecule has 1 atom stereocenters. The molecule has 1 unspecified atom stereocenters. The highest BCUT2D eigenvalue weighted by Crippen LogP contribution is 2.12. The van der Waals surface area contributed by atoms with Gasteiger partial charge in [-0.25, -0.2) is 8.42 Å². The Bertz CT molecular complexity index is 360. The van der Waals surface area contributed by atoms with Gasteiger partial charge in [0.1, 0.15) is 5.75 Å². The van der Waals surface area contributed by atoms with Crippen LogP contribution in [0.1, 0.15) is 39.0 Å². The second-order valence-electron chi connectivity index (χ2n) is 4.99. The average Bonchev–Trinajstić information content (AvgIpc) is 2.57. The smallest absolute Gasteiger partial charge is 0.237 e. The summed E-state index contributed by atoms with van der Waals surface area (Å²) in [6, 6.07) is 0. The summed E-state index contributed by atoms with van der Waals surface area (Å²) in [4.78, 5) is 13.7. The molecule has 5 nitrogen and oxygen atoms in total. The lowest BCUT2D eigenvalue weighted by atomic mass is 10.2. The number of hydrogen-bond acceptors (Lipinski definition) is 4. The molecule has 1 rings (SSSR count). The highest BCUT2D eigenvalue weighted by Gasteiger charge is 2.26. The van der Waals surface area contributed by atoms with Crippen molar-refractivity contribution >= 4 is 15.7 Å². The van der Waals surface area contributed by atoms with E-state index in [0.717, 1.165) is 25.7 Å². The summed E-state index contributed by atoms with van der Waals surface area (Å²) in [7, 11) is -3.35. The van der Waals surface area contributed by atoms with E-state index in [4.69, 9.17) is 5.73 Å². The van der Waals surface area contributed by atoms with E-state index in [2.05, 4.69) is 0 Å². The van der Waals surface area contributed by atoms with Crippen LogP contribution in [0.4, 0.5) is 0 Å². The van der Waals surface area contributed by atoms with Gasteiger partial charge < -0.3 is 10.6 Å². The van der Waals surface area contributed by atoms with Crippen molar-refractivity contribution in [1.82, 2.24) is 4.90 Å². The second-order valence-corrected chi connectivity index (χ2v) is 7.41. The first kappa shape index (κ1) is 15.4. The summed E-state index contributed by atoms with van der Waals surface area (Å²) in [5, 5.41) is -0.529. The molecule has 0 aliphatic carbocycles. The van der Waals surface area contributed by atoms with Crippen LogP contribution in [0.15, 0.2) is 0 Å². The third kappa shape index (κ3) is 4.57. The van der Waals surface area contributed by atoms with E-state index in [1.807, 2.05) is 0 Å². The average molecular weight is 276 g/mol. The maximum atomic E-state index is 12.0. The van der Waals surface area contributed by atoms with Gasteiger partial charge in [0, 0.05) is 13.1 Å². The SMILES string of the molecule is CC(CCN)S(=O)(=O)CC(=O)N1CCCCCC1. The topological polar surface area (TPSA) is 80.5 Å². The summed E-state index contributed by atoms with van der Waals surface area (Å²) in [5.74, 6) is -0.616. The van der Waals surface area contributed by atoms with Gasteiger partial charge in [0.05, 0.1) is 5.25 Å². The number of nitrogens with zero attached hydrogens (tertiary/aromatic N) is 1. The maximum absolute atomic E-state index is 12.0. The lowest BCUT2D eigenvalue weighted by Gasteiger charge is -2.21. The van der Waals surface area contributed by atoms with Gasteiger partial charge in [0.25, 0.3) is 0 Å². The van der Waals surface area contributed by atoms with Gasteiger partial charge in [-0.3, -0.25) is 4.79 Å². The number of carbonyl (C=O) groups excluding carboxylic acids is 1. The van der Waals surface area contributed by atoms with Crippen molar-refractivity contribution in [2.24, 2.45) is 5.73 Å². The summed E-state index contributed by atoms with van der Waals surface area (Å²) < 4.78 is 23.9. The molecule has 0 aromatic heterocycles. The highest BCUT2D eigenvalue weighted by atomic mass is 32.2. The third-order valence-corrected chi connectivity index (χ3v) is 5.58. The van der Waals surface area contributed by atoms with Gasteiger partial charge in [-0.2, -0.15) is 0 Å². The highest BCUT2D eigenvalue weighted by molar-refractivity contribution is 7.92. The van der Waals surface area contributed by atoms with Crippen LogP contribution in [0.3, 0.4) is 0 Å². The minimum Gasteiger partial charge on any atom is -0.342 e. The van der Waals surface area contributed by atoms with E-state index in [1.165, 1.54) is 0 Å². The largest absolute Gasteiger partial charge is 0.342 e. The summed E-state index contributed by atoms with van der Waals surface area (Å²) in [6.07, 6.45) is 4.62. The van der Waals surface area contributed by atoms with Crippen LogP contribution < -0.4 is 5.73 Å². The lowest BCUT2D eigenvalue weighted by Crippen LogP contribution is -2.38. The van der Waals surface area contributed by atoms with E-state index >= 15 is 0 Å². The zero-order chi connectivity index (χ0) is 13.6. The Morgan fingerprint density at radius 2 is 1.78 bits per heavy atom. The van der Waals surface area contributed by atoms with E-state index in [1.54, 1.807) is 11.8 Å². The Morgan fingerprint density at radius 3 is 2.28 bits per heavy atom. The van der Waals surface area contributed by atoms with E-state index in [0.29, 0.717) is 26.1 Å². The Kier molecular flexibility index (Phi) is 6.08. The Hall–Kier alpha value is -0.620. The number of nitrogens with two attached hydrogens (primary N) is 1. The molecular formula is C12H24N2O3S. The molecule has 0 saturated carbocycles. The van der Waals surface area contributed by atoms with Crippen LogP contribution in [-0.4, -0.2) is 49.9 Å². The van der Waals surface area contributed by atoms with Gasteiger partial charge in [0.2, 0.25) is 5.91 Å². The Labute approximate surface area is 110 Å². The van der Waals surface area contributed by atoms with Crippen molar-refractivity contribution in [3.63, 3.8) is 0 Å². The van der Waals surface area contributed by atoms with Gasteiger partial charge in [-0.15, -0.1) is 0 Å². The predicted octanol–water partition coefficient (Wildman–Crippen LogP) is 0.541. The fourth-order valence-electron chi connectivity index (χ4n) is 2.14. The molecule has 2 N–H and O–H groups in total. The van der Waals surface area contributed by atoms with Crippen LogP contribution in [0.2, 0.25) is 0 Å². The standard InChI is InChI=1S/C12H24N2O3S/c1-11(6-7-13)18(16,17)10-12(15)14-8-4-2-3-5-9-14/h11H,2-10,13H2,1H3. The summed E-state index contributed by atoms with van der Waals surface area (Å²) in [5.41, 5.74) is 5.36. The second kappa shape index (κ2) is 7.09. The number of sulfone groups is 1. The van der Waals surface area contributed by atoms with Crippen LogP contribution in [0.25, 0.3) is 0 Å². The van der Waals surface area contributed by atoms with Gasteiger partial charge in [0.15, 0.2) is 9.84 Å². The minimum absolute atomic E-state index is 0.249. The quantitative estimate of drug-likeness (QED) is 0.795. The molecule has 0 aromatic carbocycles. The van der Waals surface area contributed by atoms with Crippen molar-refractivity contribution in [3.05, 3.63) is 0 Å². The third-order valence-electron chi connectivity index (χ3n) is 3.47. The Balaban J connectivity index is 2.57. The van der Waals surface area contributed by atoms with E-state index < -0.39 is 15.1 Å². The molecule has 106 valence electrons. The van der Waals surface area contributed by atoms with Crippen LogP contribution in [-0.2, 0) is 14.6 Å². The van der Waals surface area contributed by atoms with Crippen molar-refractivity contribution in [3.8, 4) is 0 Å². The lowest BCUT2D eigenvalue weighted by molar-refractivity contribution is -0.128. The first-order chi connectivity index (χ1) is 8.47. The first-order valence-electron chi connectivity index (χ1n) is 6.67. The molecule has 1 saturated heterocycles. The van der Waals surface area contributed by atoms with E-state index in [-0.39, 0.29) is 11.7 Å². The van der Waals surface area contributed by atoms with Crippen LogP contribution in [0, 0.1) is 0 Å². The Morgan fingerprint density at radius 1 is 1.22 bits per heavy atom. The van der Waals surface area contributed by atoms with Crippen molar-refractivity contribution in [2.45, 2.75) is 44.3 Å². The van der Waals surface area contributed by atoms with Crippen molar-refractivity contribution < 1.29 is 13.2 Å². The molecule has 18 heavy (non-hydrogen) atoms. The van der Waals surface area contributed by atoms with Gasteiger partial charge in [-0.1, -0.05) is 12.8 Å². The van der Waals surface area contributed by atoms with Gasteiger partial charge in [-0.05, 0) is 32.7 Å². The normalized spacial score (nSPS) is 19.3. The monoisotopic (exact) mass is 276 g/mol. The molecule has 1 fully saturated rings. The zero-order valence-corrected chi connectivity index (χ0v) is 11.9. The number of amides is 1. The molecule has 1 heterocycles. The summed E-state index contributed by atoms with van der Waals surface area (Å²) >= 11 is 0. The zero-order valence-electron chi connectivity index (χ0n) is 11.1. The minimum atomic E-state index is -3.35. The number of carbonyl (C=O) groups is 1. The fraction of sp³-hybridized carbons (Fsp3) is 0.917. The molecule has 0 aromatic rings. The van der Waals surface area contributed by atoms with Crippen molar-refractivity contribution in [2.75, 3.05) is 25.4 Å². The van der Waals surface area contributed by atoms with E-state index in [9.17, 15) is 13.2 Å². The maximum Gasteiger partial charge on any atom is 0.237 e. The number of likely N-dealkylation sites (tertiary alicyclic amines) is 1. The van der Waals surface area contributed by atoms with Crippen molar-refractivity contribution in [1.29, 1.82) is 0 Å². The van der Waals surface area contributed by atoms with Crippen LogP contribution in [0.5, 0.6) is 0 Å². The molecular weight excluding hydrogens is 252 g/mol. The molecule has 6 heteroatoms. The number of hydrogen-bond donors (Lipinski definition) is 1. The molecule has 0 radical (unpaired) electrons.